The summed E-state index contributed by atoms with van der Waals surface area (Å²) < 4.78 is 5.71. The van der Waals surface area contributed by atoms with E-state index in [-0.39, 0.29) is 5.91 Å². The summed E-state index contributed by atoms with van der Waals surface area (Å²) in [6.45, 7) is 3.57. The van der Waals surface area contributed by atoms with Crippen LogP contribution in [0.2, 0.25) is 5.02 Å². The Labute approximate surface area is 136 Å². The summed E-state index contributed by atoms with van der Waals surface area (Å²) in [6, 6.07) is 7.55. The molecule has 1 fully saturated rings. The SMILES string of the molecule is Cc1cc(Cl)ccc1O[C@H](C)C(=O)NC1(C#N)CCCCC1. The third-order valence-corrected chi connectivity index (χ3v) is 4.33. The Morgan fingerprint density at radius 3 is 2.68 bits per heavy atom. The lowest BCUT2D eigenvalue weighted by atomic mass is 9.83. The van der Waals surface area contributed by atoms with Gasteiger partial charge in [0.2, 0.25) is 0 Å². The van der Waals surface area contributed by atoms with E-state index >= 15 is 0 Å². The molecule has 0 aliphatic heterocycles. The van der Waals surface area contributed by atoms with Gasteiger partial charge in [-0.2, -0.15) is 5.26 Å². The highest BCUT2D eigenvalue weighted by Crippen LogP contribution is 2.28. The molecule has 5 heteroatoms. The number of hydrogen-bond donors (Lipinski definition) is 1. The number of hydrogen-bond acceptors (Lipinski definition) is 3. The molecule has 2 rings (SSSR count). The maximum absolute atomic E-state index is 12.3. The van der Waals surface area contributed by atoms with Crippen molar-refractivity contribution >= 4 is 17.5 Å². The van der Waals surface area contributed by atoms with Gasteiger partial charge >= 0.3 is 0 Å². The summed E-state index contributed by atoms with van der Waals surface area (Å²) >= 11 is 5.91. The van der Waals surface area contributed by atoms with Crippen molar-refractivity contribution in [2.45, 2.75) is 57.6 Å². The Balaban J connectivity index is 2.01. The third kappa shape index (κ3) is 3.92. The number of carbonyl (C=O) groups excluding carboxylic acids is 1. The first-order chi connectivity index (χ1) is 10.5. The van der Waals surface area contributed by atoms with Crippen LogP contribution >= 0.6 is 11.6 Å². The van der Waals surface area contributed by atoms with E-state index in [9.17, 15) is 10.1 Å². The average molecular weight is 321 g/mol. The summed E-state index contributed by atoms with van der Waals surface area (Å²) in [5, 5.41) is 12.9. The first-order valence-electron chi connectivity index (χ1n) is 7.62. The monoisotopic (exact) mass is 320 g/mol. The second-order valence-electron chi connectivity index (χ2n) is 5.91. The van der Waals surface area contributed by atoms with Gasteiger partial charge in [-0.25, -0.2) is 0 Å². The molecule has 1 atom stereocenters. The van der Waals surface area contributed by atoms with E-state index in [0.717, 1.165) is 24.8 Å². The van der Waals surface area contributed by atoms with E-state index in [0.29, 0.717) is 23.6 Å². The summed E-state index contributed by atoms with van der Waals surface area (Å²) in [7, 11) is 0. The van der Waals surface area contributed by atoms with E-state index in [1.165, 1.54) is 0 Å². The highest BCUT2D eigenvalue weighted by molar-refractivity contribution is 6.30. The van der Waals surface area contributed by atoms with Crippen molar-refractivity contribution in [2.24, 2.45) is 0 Å². The van der Waals surface area contributed by atoms with Gasteiger partial charge in [0, 0.05) is 5.02 Å². The van der Waals surface area contributed by atoms with Crippen molar-refractivity contribution in [3.05, 3.63) is 28.8 Å². The van der Waals surface area contributed by atoms with Gasteiger partial charge in [-0.05, 0) is 50.5 Å². The number of amides is 1. The molecule has 4 nitrogen and oxygen atoms in total. The molecule has 1 N–H and O–H groups in total. The summed E-state index contributed by atoms with van der Waals surface area (Å²) in [4.78, 5) is 12.3. The highest BCUT2D eigenvalue weighted by Gasteiger charge is 2.35. The molecule has 1 aromatic rings. The van der Waals surface area contributed by atoms with Crippen molar-refractivity contribution < 1.29 is 9.53 Å². The van der Waals surface area contributed by atoms with Crippen LogP contribution in [0.1, 0.15) is 44.6 Å². The number of nitriles is 1. The van der Waals surface area contributed by atoms with Crippen LogP contribution in [0.5, 0.6) is 5.75 Å². The van der Waals surface area contributed by atoms with Crippen molar-refractivity contribution in [3.63, 3.8) is 0 Å². The molecule has 0 spiro atoms. The first kappa shape index (κ1) is 16.6. The smallest absolute Gasteiger partial charge is 0.262 e. The van der Waals surface area contributed by atoms with Gasteiger partial charge in [0.1, 0.15) is 11.3 Å². The van der Waals surface area contributed by atoms with Crippen LogP contribution in [0.3, 0.4) is 0 Å². The average Bonchev–Trinajstić information content (AvgIpc) is 2.51. The number of benzene rings is 1. The summed E-state index contributed by atoms with van der Waals surface area (Å²) in [5.74, 6) is 0.375. The van der Waals surface area contributed by atoms with Gasteiger partial charge < -0.3 is 10.1 Å². The van der Waals surface area contributed by atoms with E-state index in [1.807, 2.05) is 6.92 Å². The maximum atomic E-state index is 12.3. The second-order valence-corrected chi connectivity index (χ2v) is 6.35. The standard InChI is InChI=1S/C17H21ClN2O2/c1-12-10-14(18)6-7-15(12)22-13(2)16(21)20-17(11-19)8-4-3-5-9-17/h6-7,10,13H,3-5,8-9H2,1-2H3,(H,20,21)/t13-/m1/s1. The number of carbonyl (C=O) groups is 1. The molecule has 22 heavy (non-hydrogen) atoms. The molecule has 0 saturated heterocycles. The molecule has 1 saturated carbocycles. The molecular weight excluding hydrogens is 300 g/mol. The summed E-state index contributed by atoms with van der Waals surface area (Å²) in [5.41, 5.74) is 0.141. The molecule has 1 aliphatic carbocycles. The molecule has 1 aliphatic rings. The molecule has 0 aromatic heterocycles. The van der Waals surface area contributed by atoms with Crippen LogP contribution in [0, 0.1) is 18.3 Å². The summed E-state index contributed by atoms with van der Waals surface area (Å²) in [6.07, 6.45) is 3.82. The van der Waals surface area contributed by atoms with Crippen molar-refractivity contribution in [1.29, 1.82) is 5.26 Å². The third-order valence-electron chi connectivity index (χ3n) is 4.09. The lowest BCUT2D eigenvalue weighted by Gasteiger charge is -2.32. The fourth-order valence-corrected chi connectivity index (χ4v) is 2.97. The number of rotatable bonds is 4. The van der Waals surface area contributed by atoms with Gasteiger partial charge in [-0.3, -0.25) is 4.79 Å². The predicted molar refractivity (Wildman–Crippen MR) is 85.9 cm³/mol. The van der Waals surface area contributed by atoms with E-state index in [1.54, 1.807) is 25.1 Å². The van der Waals surface area contributed by atoms with Crippen molar-refractivity contribution in [1.82, 2.24) is 5.32 Å². The van der Waals surface area contributed by atoms with Crippen LogP contribution in [0.15, 0.2) is 18.2 Å². The lowest BCUT2D eigenvalue weighted by Crippen LogP contribution is -2.52. The van der Waals surface area contributed by atoms with E-state index in [4.69, 9.17) is 16.3 Å². The van der Waals surface area contributed by atoms with Crippen LogP contribution in [0.4, 0.5) is 0 Å². The minimum Gasteiger partial charge on any atom is -0.481 e. The zero-order valence-electron chi connectivity index (χ0n) is 13.0. The van der Waals surface area contributed by atoms with Gasteiger partial charge in [0.15, 0.2) is 6.10 Å². The van der Waals surface area contributed by atoms with Crippen LogP contribution in [-0.4, -0.2) is 17.6 Å². The van der Waals surface area contributed by atoms with Gasteiger partial charge in [-0.1, -0.05) is 30.9 Å². The number of halogens is 1. The van der Waals surface area contributed by atoms with Gasteiger partial charge in [0.25, 0.3) is 5.91 Å². The molecule has 1 amide bonds. The predicted octanol–water partition coefficient (Wildman–Crippen LogP) is 3.76. The van der Waals surface area contributed by atoms with E-state index < -0.39 is 11.6 Å². The van der Waals surface area contributed by atoms with E-state index in [2.05, 4.69) is 11.4 Å². The van der Waals surface area contributed by atoms with Crippen LogP contribution in [-0.2, 0) is 4.79 Å². The molecule has 0 bridgehead atoms. The lowest BCUT2D eigenvalue weighted by molar-refractivity contribution is -0.129. The normalized spacial score (nSPS) is 18.1. The maximum Gasteiger partial charge on any atom is 0.262 e. The minimum atomic E-state index is -0.734. The zero-order chi connectivity index (χ0) is 16.2. The Morgan fingerprint density at radius 1 is 1.41 bits per heavy atom. The molecule has 0 unspecified atom stereocenters. The Morgan fingerprint density at radius 2 is 2.09 bits per heavy atom. The number of nitrogens with one attached hydrogen (secondary N) is 1. The Hall–Kier alpha value is -1.73. The number of ether oxygens (including phenoxy) is 1. The molecule has 0 heterocycles. The Bertz CT molecular complexity index is 589. The Kier molecular flexibility index (Phi) is 5.31. The second kappa shape index (κ2) is 7.02. The number of aryl methyl sites for hydroxylation is 1. The topological polar surface area (TPSA) is 62.1 Å². The zero-order valence-corrected chi connectivity index (χ0v) is 13.7. The quantitative estimate of drug-likeness (QED) is 0.918. The minimum absolute atomic E-state index is 0.252. The van der Waals surface area contributed by atoms with Crippen molar-refractivity contribution in [3.8, 4) is 11.8 Å². The van der Waals surface area contributed by atoms with Gasteiger partial charge in [-0.15, -0.1) is 0 Å². The molecule has 1 aromatic carbocycles. The van der Waals surface area contributed by atoms with Gasteiger partial charge in [0.05, 0.1) is 6.07 Å². The van der Waals surface area contributed by atoms with Crippen molar-refractivity contribution in [2.75, 3.05) is 0 Å². The highest BCUT2D eigenvalue weighted by atomic mass is 35.5. The fraction of sp³-hybridized carbons (Fsp3) is 0.529. The largest absolute Gasteiger partial charge is 0.481 e. The number of nitrogens with zero attached hydrogens (tertiary/aromatic N) is 1. The van der Waals surface area contributed by atoms with Crippen LogP contribution < -0.4 is 10.1 Å². The van der Waals surface area contributed by atoms with Crippen LogP contribution in [0.25, 0.3) is 0 Å². The molecule has 118 valence electrons. The molecule has 0 radical (unpaired) electrons. The fourth-order valence-electron chi connectivity index (χ4n) is 2.75. The first-order valence-corrected chi connectivity index (χ1v) is 8.00. The molecular formula is C17H21ClN2O2.